The van der Waals surface area contributed by atoms with Crippen LogP contribution in [0.3, 0.4) is 0 Å². The molecule has 22 heavy (non-hydrogen) atoms. The Kier molecular flexibility index (Phi) is 6.09. The predicted octanol–water partition coefficient (Wildman–Crippen LogP) is 3.36. The smallest absolute Gasteiger partial charge is 0.107 e. The van der Waals surface area contributed by atoms with Gasteiger partial charge < -0.3 is 10.2 Å². The normalized spacial score (nSPS) is 37.3. The van der Waals surface area contributed by atoms with Crippen molar-refractivity contribution >= 4 is 0 Å². The molecule has 128 valence electrons. The molecule has 2 fully saturated rings. The van der Waals surface area contributed by atoms with Gasteiger partial charge in [0, 0.05) is 12.6 Å². The van der Waals surface area contributed by atoms with Gasteiger partial charge in [0.2, 0.25) is 0 Å². The third kappa shape index (κ3) is 3.93. The number of rotatable bonds is 6. The molecule has 0 amide bonds. The molecule has 0 bridgehead atoms. The molecule has 0 spiro atoms. The zero-order valence-electron chi connectivity index (χ0n) is 14.9. The minimum absolute atomic E-state index is 0.125. The van der Waals surface area contributed by atoms with Crippen molar-refractivity contribution in [2.45, 2.75) is 84.0 Å². The molecule has 0 aromatic rings. The van der Waals surface area contributed by atoms with Crippen molar-refractivity contribution in [3.63, 3.8) is 0 Å². The molecule has 2 N–H and O–H groups in total. The zero-order valence-corrected chi connectivity index (χ0v) is 14.9. The summed E-state index contributed by atoms with van der Waals surface area (Å²) in [5.41, 5.74) is 0.0225. The topological polar surface area (TPSA) is 43.7 Å². The van der Waals surface area contributed by atoms with E-state index in [1.54, 1.807) is 0 Å². The van der Waals surface area contributed by atoms with E-state index in [0.717, 1.165) is 37.4 Å². The Labute approximate surface area is 136 Å². The van der Waals surface area contributed by atoms with E-state index >= 15 is 0 Å². The average molecular weight is 309 g/mol. The molecule has 5 atom stereocenters. The van der Waals surface area contributed by atoms with Crippen LogP contribution in [0.15, 0.2) is 11.6 Å². The fraction of sp³-hybridized carbons (Fsp3) is 0.895. The van der Waals surface area contributed by atoms with E-state index in [9.17, 15) is 10.2 Å². The fourth-order valence-electron chi connectivity index (χ4n) is 4.33. The average Bonchev–Trinajstić information content (AvgIpc) is 2.92. The predicted molar refractivity (Wildman–Crippen MR) is 91.8 cm³/mol. The van der Waals surface area contributed by atoms with Crippen LogP contribution in [-0.2, 0) is 0 Å². The fourth-order valence-corrected chi connectivity index (χ4v) is 4.33. The number of fused-ring (bicyclic) bond motifs is 1. The van der Waals surface area contributed by atoms with E-state index in [-0.39, 0.29) is 6.04 Å². The van der Waals surface area contributed by atoms with Gasteiger partial charge in [-0.25, -0.2) is 0 Å². The molecule has 2 heterocycles. The van der Waals surface area contributed by atoms with Crippen LogP contribution >= 0.6 is 0 Å². The van der Waals surface area contributed by atoms with Crippen LogP contribution in [-0.4, -0.2) is 45.9 Å². The minimum Gasteiger partial charge on any atom is -0.386 e. The first-order valence-corrected chi connectivity index (χ1v) is 9.21. The molecule has 0 saturated carbocycles. The highest BCUT2D eigenvalue weighted by molar-refractivity contribution is 5.23. The monoisotopic (exact) mass is 309 g/mol. The van der Waals surface area contributed by atoms with Crippen LogP contribution in [0, 0.1) is 11.8 Å². The van der Waals surface area contributed by atoms with Gasteiger partial charge in [0.05, 0.1) is 0 Å². The van der Waals surface area contributed by atoms with Crippen LogP contribution < -0.4 is 0 Å². The summed E-state index contributed by atoms with van der Waals surface area (Å²) in [5.74, 6) is 1.26. The lowest BCUT2D eigenvalue weighted by atomic mass is 9.79. The Bertz CT molecular complexity index is 391. The number of aliphatic hydroxyl groups excluding tert-OH is 1. The summed E-state index contributed by atoms with van der Waals surface area (Å²) < 4.78 is 0. The number of allylic oxidation sites excluding steroid dienone is 1. The van der Waals surface area contributed by atoms with Gasteiger partial charge in [-0.2, -0.15) is 0 Å². The summed E-state index contributed by atoms with van der Waals surface area (Å²) in [6.07, 6.45) is 8.63. The van der Waals surface area contributed by atoms with E-state index in [1.165, 1.54) is 25.7 Å². The number of nitrogens with zero attached hydrogens (tertiary/aromatic N) is 1. The molecule has 2 aliphatic rings. The summed E-state index contributed by atoms with van der Waals surface area (Å²) in [6, 6.07) is 0.125. The van der Waals surface area contributed by atoms with E-state index in [2.05, 4.69) is 31.7 Å². The summed E-state index contributed by atoms with van der Waals surface area (Å²) in [7, 11) is 0. The van der Waals surface area contributed by atoms with Gasteiger partial charge in [-0.05, 0) is 50.1 Å². The highest BCUT2D eigenvalue weighted by Crippen LogP contribution is 2.37. The Morgan fingerprint density at radius 3 is 2.73 bits per heavy atom. The minimum atomic E-state index is -1.00. The first kappa shape index (κ1) is 18.0. The van der Waals surface area contributed by atoms with Crippen molar-refractivity contribution in [3.05, 3.63) is 11.6 Å². The van der Waals surface area contributed by atoms with Crippen molar-refractivity contribution < 1.29 is 10.2 Å². The number of hydrogen-bond donors (Lipinski definition) is 2. The number of piperidine rings is 1. The zero-order chi connectivity index (χ0) is 16.3. The van der Waals surface area contributed by atoms with Crippen LogP contribution in [0.2, 0.25) is 0 Å². The third-order valence-electron chi connectivity index (χ3n) is 5.72. The van der Waals surface area contributed by atoms with Crippen molar-refractivity contribution in [2.75, 3.05) is 13.1 Å². The molecular formula is C19H35NO2. The number of hydrogen-bond acceptors (Lipinski definition) is 3. The Hall–Kier alpha value is -0.380. The van der Waals surface area contributed by atoms with Gasteiger partial charge in [-0.15, -0.1) is 0 Å². The lowest BCUT2D eigenvalue weighted by Crippen LogP contribution is -2.61. The van der Waals surface area contributed by atoms with Gasteiger partial charge in [0.1, 0.15) is 11.7 Å². The first-order valence-electron chi connectivity index (χ1n) is 9.21. The van der Waals surface area contributed by atoms with Crippen molar-refractivity contribution in [2.24, 2.45) is 11.8 Å². The van der Waals surface area contributed by atoms with Crippen LogP contribution in [0.4, 0.5) is 0 Å². The highest BCUT2D eigenvalue weighted by atomic mass is 16.3. The Balaban J connectivity index is 1.98. The maximum absolute atomic E-state index is 10.8. The van der Waals surface area contributed by atoms with Crippen molar-refractivity contribution in [1.29, 1.82) is 0 Å². The lowest BCUT2D eigenvalue weighted by molar-refractivity contribution is -0.110. The maximum Gasteiger partial charge on any atom is 0.107 e. The van der Waals surface area contributed by atoms with Crippen LogP contribution in [0.1, 0.15) is 66.2 Å². The largest absolute Gasteiger partial charge is 0.386 e. The van der Waals surface area contributed by atoms with E-state index in [1.807, 2.05) is 6.92 Å². The lowest BCUT2D eigenvalue weighted by Gasteiger charge is -2.46. The molecule has 3 heteroatoms. The molecule has 2 rings (SSSR count). The molecule has 0 aromatic heterocycles. The maximum atomic E-state index is 10.8. The summed E-state index contributed by atoms with van der Waals surface area (Å²) in [6.45, 7) is 10.5. The van der Waals surface area contributed by atoms with Crippen LogP contribution in [0.5, 0.6) is 0 Å². The van der Waals surface area contributed by atoms with Gasteiger partial charge in [-0.1, -0.05) is 46.1 Å². The molecule has 0 aromatic carbocycles. The quantitative estimate of drug-likeness (QED) is 0.740. The van der Waals surface area contributed by atoms with Crippen molar-refractivity contribution in [3.8, 4) is 0 Å². The molecule has 0 radical (unpaired) electrons. The van der Waals surface area contributed by atoms with Gasteiger partial charge in [0.25, 0.3) is 0 Å². The van der Waals surface area contributed by atoms with Gasteiger partial charge in [-0.3, -0.25) is 4.90 Å². The molecular weight excluding hydrogens is 274 g/mol. The standard InChI is InChI=1S/C19H35NO2/c1-5-7-14(2)9-10-15(3)12-16-13-20-11-6-8-17(20)19(4,22)18(16)21/h12,14-15,17-18,21-22H,5-11,13H2,1-4H3/b16-12+/t14-,15+,17-,18+,19+/m0/s1. The van der Waals surface area contributed by atoms with Gasteiger partial charge >= 0.3 is 0 Å². The summed E-state index contributed by atoms with van der Waals surface area (Å²) in [5, 5.41) is 21.4. The second-order valence-electron chi connectivity index (χ2n) is 7.95. The molecule has 0 aliphatic carbocycles. The van der Waals surface area contributed by atoms with Gasteiger partial charge in [0.15, 0.2) is 0 Å². The van der Waals surface area contributed by atoms with Crippen LogP contribution in [0.25, 0.3) is 0 Å². The van der Waals surface area contributed by atoms with Crippen molar-refractivity contribution in [1.82, 2.24) is 4.90 Å². The molecule has 0 unspecified atom stereocenters. The molecule has 2 aliphatic heterocycles. The van der Waals surface area contributed by atoms with E-state index in [4.69, 9.17) is 0 Å². The summed E-state index contributed by atoms with van der Waals surface area (Å²) in [4.78, 5) is 2.35. The second kappa shape index (κ2) is 7.46. The highest BCUT2D eigenvalue weighted by Gasteiger charge is 2.49. The molecule has 3 nitrogen and oxygen atoms in total. The number of aliphatic hydroxyl groups is 2. The third-order valence-corrected chi connectivity index (χ3v) is 5.72. The molecule has 2 saturated heterocycles. The Morgan fingerprint density at radius 2 is 2.05 bits per heavy atom. The summed E-state index contributed by atoms with van der Waals surface area (Å²) >= 11 is 0. The van der Waals surface area contributed by atoms with E-state index in [0.29, 0.717) is 5.92 Å². The first-order chi connectivity index (χ1) is 10.4. The SMILES string of the molecule is CCC[C@H](C)CC[C@@H](C)/C=C1\CN2CCC[C@H]2[C@@](C)(O)[C@@H]1O. The Morgan fingerprint density at radius 1 is 1.32 bits per heavy atom. The second-order valence-corrected chi connectivity index (χ2v) is 7.95. The van der Waals surface area contributed by atoms with E-state index < -0.39 is 11.7 Å².